The molecule has 2 aromatic rings. The van der Waals surface area contributed by atoms with Gasteiger partial charge in [-0.3, -0.25) is 0 Å². The fourth-order valence-corrected chi connectivity index (χ4v) is 3.50. The average molecular weight is 369 g/mol. The third kappa shape index (κ3) is 5.12. The Hall–Kier alpha value is -2.30. The van der Waals surface area contributed by atoms with Crippen LogP contribution in [0.15, 0.2) is 39.9 Å². The second-order valence-corrected chi connectivity index (χ2v) is 8.23. The van der Waals surface area contributed by atoms with E-state index in [1.165, 1.54) is 30.4 Å². The van der Waals surface area contributed by atoms with E-state index in [1.54, 1.807) is 0 Å². The molecule has 1 aliphatic rings. The molecule has 1 atom stereocenters. The topological polar surface area (TPSA) is 62.5 Å². The van der Waals surface area contributed by atoms with E-state index < -0.39 is 0 Å². The number of guanidine groups is 1. The van der Waals surface area contributed by atoms with Gasteiger partial charge in [-0.1, -0.05) is 45.0 Å². The predicted octanol–water partition coefficient (Wildman–Crippen LogP) is 4.15. The van der Waals surface area contributed by atoms with E-state index in [4.69, 9.17) is 4.42 Å². The van der Waals surface area contributed by atoms with Crippen molar-refractivity contribution in [2.24, 2.45) is 4.99 Å². The normalized spacial score (nSPS) is 17.5. The number of nitrogens with zero attached hydrogens (tertiary/aromatic N) is 2. The van der Waals surface area contributed by atoms with E-state index in [0.717, 1.165) is 24.8 Å². The van der Waals surface area contributed by atoms with Crippen LogP contribution in [0.25, 0.3) is 0 Å². The van der Waals surface area contributed by atoms with Gasteiger partial charge < -0.3 is 15.1 Å². The van der Waals surface area contributed by atoms with Crippen LogP contribution in [0.5, 0.6) is 0 Å². The maximum atomic E-state index is 5.84. The van der Waals surface area contributed by atoms with Crippen LogP contribution in [0.2, 0.25) is 0 Å². The summed E-state index contributed by atoms with van der Waals surface area (Å²) in [5, 5.41) is 6.83. The monoisotopic (exact) mass is 368 g/mol. The van der Waals surface area contributed by atoms with Crippen LogP contribution in [0, 0.1) is 0 Å². The highest BCUT2D eigenvalue weighted by Gasteiger charge is 2.20. The average Bonchev–Trinajstić information content (AvgIpc) is 3.13. The smallest absolute Gasteiger partial charge is 0.216 e. The molecular formula is C22H32N4O. The first-order chi connectivity index (χ1) is 13.0. The molecule has 0 spiro atoms. The van der Waals surface area contributed by atoms with Crippen molar-refractivity contribution in [2.45, 2.75) is 64.8 Å². The molecule has 0 bridgehead atoms. The van der Waals surface area contributed by atoms with Crippen molar-refractivity contribution < 1.29 is 4.42 Å². The quantitative estimate of drug-likeness (QED) is 0.615. The molecule has 5 nitrogen and oxygen atoms in total. The van der Waals surface area contributed by atoms with E-state index in [-0.39, 0.29) is 5.41 Å². The molecule has 0 aliphatic heterocycles. The summed E-state index contributed by atoms with van der Waals surface area (Å²) in [6.45, 7) is 10.6. The van der Waals surface area contributed by atoms with Crippen LogP contribution in [0.1, 0.15) is 69.2 Å². The standard InChI is InChI=1S/C22H32N4O/c1-5-23-21(26-15-20-24-14-19(27-20)22(2,3)4)25-13-17-11-8-10-16-9-6-7-12-18(16)17/h6-7,9,12,14,17H,5,8,10-11,13,15H2,1-4H3,(H2,23,25,26). The number of rotatable bonds is 5. The zero-order valence-electron chi connectivity index (χ0n) is 17.0. The zero-order valence-corrected chi connectivity index (χ0v) is 17.0. The maximum Gasteiger partial charge on any atom is 0.216 e. The first-order valence-electron chi connectivity index (χ1n) is 10.0. The minimum Gasteiger partial charge on any atom is -0.443 e. The molecule has 27 heavy (non-hydrogen) atoms. The molecular weight excluding hydrogens is 336 g/mol. The number of aromatic nitrogens is 1. The van der Waals surface area contributed by atoms with Crippen molar-refractivity contribution in [3.05, 3.63) is 53.2 Å². The Labute approximate surface area is 162 Å². The van der Waals surface area contributed by atoms with E-state index in [9.17, 15) is 0 Å². The SMILES string of the molecule is CCNC(=NCc1ncc(C(C)(C)C)o1)NCC1CCCc2ccccc21. The minimum atomic E-state index is -0.0356. The molecule has 1 unspecified atom stereocenters. The van der Waals surface area contributed by atoms with Crippen LogP contribution < -0.4 is 10.6 Å². The summed E-state index contributed by atoms with van der Waals surface area (Å²) >= 11 is 0. The highest BCUT2D eigenvalue weighted by Crippen LogP contribution is 2.30. The van der Waals surface area contributed by atoms with Gasteiger partial charge in [-0.2, -0.15) is 0 Å². The van der Waals surface area contributed by atoms with Gasteiger partial charge in [-0.05, 0) is 37.3 Å². The first-order valence-corrected chi connectivity index (χ1v) is 10.0. The Morgan fingerprint density at radius 3 is 2.81 bits per heavy atom. The zero-order chi connectivity index (χ0) is 19.3. The van der Waals surface area contributed by atoms with Gasteiger partial charge in [0.25, 0.3) is 0 Å². The van der Waals surface area contributed by atoms with Crippen LogP contribution in [0.3, 0.4) is 0 Å². The number of hydrogen-bond acceptors (Lipinski definition) is 3. The number of nitrogens with one attached hydrogen (secondary N) is 2. The Kier molecular flexibility index (Phi) is 6.19. The molecule has 0 saturated heterocycles. The van der Waals surface area contributed by atoms with E-state index >= 15 is 0 Å². The Bertz CT molecular complexity index is 773. The molecule has 0 amide bonds. The van der Waals surface area contributed by atoms with Gasteiger partial charge in [0.15, 0.2) is 5.96 Å². The molecule has 0 radical (unpaired) electrons. The predicted molar refractivity (Wildman–Crippen MR) is 110 cm³/mol. The molecule has 0 fully saturated rings. The highest BCUT2D eigenvalue weighted by atomic mass is 16.4. The molecule has 0 saturated carbocycles. The van der Waals surface area contributed by atoms with Crippen molar-refractivity contribution in [1.29, 1.82) is 0 Å². The van der Waals surface area contributed by atoms with Crippen molar-refractivity contribution >= 4 is 5.96 Å². The molecule has 3 rings (SSSR count). The molecule has 1 heterocycles. The summed E-state index contributed by atoms with van der Waals surface area (Å²) < 4.78 is 5.84. The summed E-state index contributed by atoms with van der Waals surface area (Å²) in [6, 6.07) is 8.82. The lowest BCUT2D eigenvalue weighted by Gasteiger charge is -2.26. The maximum absolute atomic E-state index is 5.84. The molecule has 146 valence electrons. The highest BCUT2D eigenvalue weighted by molar-refractivity contribution is 5.79. The van der Waals surface area contributed by atoms with E-state index in [2.05, 4.69) is 72.6 Å². The summed E-state index contributed by atoms with van der Waals surface area (Å²) in [5.74, 6) is 2.90. The lowest BCUT2D eigenvalue weighted by Crippen LogP contribution is -2.39. The Morgan fingerprint density at radius 2 is 2.07 bits per heavy atom. The second kappa shape index (κ2) is 8.59. The van der Waals surface area contributed by atoms with Crippen LogP contribution >= 0.6 is 0 Å². The summed E-state index contributed by atoms with van der Waals surface area (Å²) in [7, 11) is 0. The summed E-state index contributed by atoms with van der Waals surface area (Å²) in [6.07, 6.45) is 5.48. The molecule has 5 heteroatoms. The van der Waals surface area contributed by atoms with E-state index in [1.807, 2.05) is 6.20 Å². The largest absolute Gasteiger partial charge is 0.443 e. The lowest BCUT2D eigenvalue weighted by molar-refractivity contribution is 0.383. The van der Waals surface area contributed by atoms with Gasteiger partial charge in [-0.25, -0.2) is 9.98 Å². The second-order valence-electron chi connectivity index (χ2n) is 8.23. The van der Waals surface area contributed by atoms with Gasteiger partial charge in [-0.15, -0.1) is 0 Å². The summed E-state index contributed by atoms with van der Waals surface area (Å²) in [4.78, 5) is 9.02. The van der Waals surface area contributed by atoms with Gasteiger partial charge in [0, 0.05) is 24.4 Å². The fraction of sp³-hybridized carbons (Fsp3) is 0.545. The fourth-order valence-electron chi connectivity index (χ4n) is 3.50. The van der Waals surface area contributed by atoms with Crippen LogP contribution in [-0.4, -0.2) is 24.0 Å². The van der Waals surface area contributed by atoms with Gasteiger partial charge >= 0.3 is 0 Å². The van der Waals surface area contributed by atoms with Crippen molar-refractivity contribution in [1.82, 2.24) is 15.6 Å². The van der Waals surface area contributed by atoms with Crippen LogP contribution in [-0.2, 0) is 18.4 Å². The molecule has 1 aromatic carbocycles. The Balaban J connectivity index is 1.62. The number of fused-ring (bicyclic) bond motifs is 1. The van der Waals surface area contributed by atoms with Crippen LogP contribution in [0.4, 0.5) is 0 Å². The van der Waals surface area contributed by atoms with Crippen molar-refractivity contribution in [2.75, 3.05) is 13.1 Å². The van der Waals surface area contributed by atoms with Gasteiger partial charge in [0.05, 0.1) is 6.20 Å². The number of oxazole rings is 1. The van der Waals surface area contributed by atoms with Gasteiger partial charge in [0.2, 0.25) is 5.89 Å². The number of benzene rings is 1. The first kappa shape index (κ1) is 19.5. The molecule has 2 N–H and O–H groups in total. The minimum absolute atomic E-state index is 0.0356. The number of aliphatic imine (C=N–C) groups is 1. The van der Waals surface area contributed by atoms with E-state index in [0.29, 0.717) is 18.4 Å². The van der Waals surface area contributed by atoms with Crippen molar-refractivity contribution in [3.8, 4) is 0 Å². The summed E-state index contributed by atoms with van der Waals surface area (Å²) in [5.41, 5.74) is 2.94. The third-order valence-electron chi connectivity index (χ3n) is 5.02. The molecule has 1 aromatic heterocycles. The third-order valence-corrected chi connectivity index (χ3v) is 5.02. The lowest BCUT2D eigenvalue weighted by atomic mass is 9.83. The molecule has 1 aliphatic carbocycles. The van der Waals surface area contributed by atoms with Crippen molar-refractivity contribution in [3.63, 3.8) is 0 Å². The van der Waals surface area contributed by atoms with Gasteiger partial charge in [0.1, 0.15) is 12.3 Å². The number of hydrogen-bond donors (Lipinski definition) is 2. The Morgan fingerprint density at radius 1 is 1.26 bits per heavy atom. The number of aryl methyl sites for hydroxylation is 1.